The average Bonchev–Trinajstić information content (AvgIpc) is 2.88. The molecule has 2 heterocycles. The van der Waals surface area contributed by atoms with Gasteiger partial charge in [-0.3, -0.25) is 4.90 Å². The van der Waals surface area contributed by atoms with E-state index in [0.717, 1.165) is 49.1 Å². The number of carboxylic acids is 1. The van der Waals surface area contributed by atoms with Crippen molar-refractivity contribution in [3.05, 3.63) is 30.3 Å². The van der Waals surface area contributed by atoms with Gasteiger partial charge in [0.15, 0.2) is 0 Å². The molecule has 1 aliphatic heterocycles. The minimum Gasteiger partial charge on any atom is -0.475 e. The maximum absolute atomic E-state index is 12.6. The lowest BCUT2D eigenvalue weighted by molar-refractivity contribution is -0.192. The molecule has 1 aromatic carbocycles. The molecular weight excluding hydrogens is 529 g/mol. The molecule has 214 valence electrons. The van der Waals surface area contributed by atoms with Gasteiger partial charge >= 0.3 is 12.1 Å². The highest BCUT2D eigenvalue weighted by atomic mass is 32.2. The molecule has 1 saturated heterocycles. The number of aliphatic hydroxyl groups is 2. The number of carboxylic acid groups (broad SMARTS) is 1. The van der Waals surface area contributed by atoms with Crippen molar-refractivity contribution in [2.24, 2.45) is 0 Å². The van der Waals surface area contributed by atoms with E-state index in [1.165, 1.54) is 0 Å². The molecule has 0 bridgehead atoms. The summed E-state index contributed by atoms with van der Waals surface area (Å²) in [5.41, 5.74) is 0.769. The maximum Gasteiger partial charge on any atom is 0.490 e. The fraction of sp³-hybridized carbons (Fsp3) is 0.583. The number of likely N-dealkylation sites (N-methyl/N-ethyl adjacent to an activating group) is 1. The number of carbonyl (C=O) groups is 1. The van der Waals surface area contributed by atoms with Gasteiger partial charge in [-0.2, -0.15) is 13.2 Å². The summed E-state index contributed by atoms with van der Waals surface area (Å²) in [4.78, 5) is 18.4. The summed E-state index contributed by atoms with van der Waals surface area (Å²) in [6.07, 6.45) is -0.740. The van der Waals surface area contributed by atoms with Crippen molar-refractivity contribution < 1.29 is 41.7 Å². The predicted molar refractivity (Wildman–Crippen MR) is 137 cm³/mol. The van der Waals surface area contributed by atoms with Crippen LogP contribution in [0.2, 0.25) is 0 Å². The molecule has 1 fully saturated rings. The Labute approximate surface area is 220 Å². The Morgan fingerprint density at radius 1 is 1.16 bits per heavy atom. The fourth-order valence-electron chi connectivity index (χ4n) is 4.00. The number of halogens is 3. The van der Waals surface area contributed by atoms with Crippen molar-refractivity contribution in [3.8, 4) is 0 Å². The van der Waals surface area contributed by atoms with Gasteiger partial charge in [0.2, 0.25) is 10.0 Å². The van der Waals surface area contributed by atoms with Crippen LogP contribution in [0.4, 0.5) is 19.0 Å². The number of aliphatic hydroxyl groups excluding tert-OH is 2. The first kappa shape index (κ1) is 31.7. The number of alkyl halides is 3. The minimum absolute atomic E-state index is 0.129. The third-order valence-corrected chi connectivity index (χ3v) is 7.58. The third kappa shape index (κ3) is 9.66. The van der Waals surface area contributed by atoms with Gasteiger partial charge in [-0.25, -0.2) is 22.9 Å². The van der Waals surface area contributed by atoms with Gasteiger partial charge in [-0.1, -0.05) is 0 Å². The van der Waals surface area contributed by atoms with E-state index >= 15 is 0 Å². The van der Waals surface area contributed by atoms with E-state index in [1.54, 1.807) is 18.2 Å². The van der Waals surface area contributed by atoms with Crippen molar-refractivity contribution in [1.82, 2.24) is 14.6 Å². The first-order valence-corrected chi connectivity index (χ1v) is 13.7. The number of aliphatic carboxylic acids is 1. The summed E-state index contributed by atoms with van der Waals surface area (Å²) in [5.74, 6) is -1.86. The molecule has 2 aromatic rings. The Morgan fingerprint density at radius 3 is 2.50 bits per heavy atom. The van der Waals surface area contributed by atoms with Crippen molar-refractivity contribution in [1.29, 1.82) is 0 Å². The second-order valence-corrected chi connectivity index (χ2v) is 10.7. The lowest BCUT2D eigenvalue weighted by Crippen LogP contribution is -2.47. The molecule has 14 heteroatoms. The summed E-state index contributed by atoms with van der Waals surface area (Å²) >= 11 is 0. The summed E-state index contributed by atoms with van der Waals surface area (Å²) < 4.78 is 59.5. The molecule has 0 spiro atoms. The molecule has 38 heavy (non-hydrogen) atoms. The molecule has 3 rings (SSSR count). The molecule has 0 saturated carbocycles. The van der Waals surface area contributed by atoms with Crippen molar-refractivity contribution in [2.45, 2.75) is 49.2 Å². The van der Waals surface area contributed by atoms with Gasteiger partial charge in [-0.05, 0) is 69.5 Å². The van der Waals surface area contributed by atoms with Crippen LogP contribution in [0.15, 0.2) is 35.2 Å². The number of nitrogens with zero attached hydrogens (tertiary/aromatic N) is 3. The number of unbranched alkanes of at least 4 members (excludes halogenated alkanes) is 2. The van der Waals surface area contributed by atoms with E-state index < -0.39 is 22.2 Å². The average molecular weight is 565 g/mol. The Balaban J connectivity index is 0.000000638. The third-order valence-electron chi connectivity index (χ3n) is 6.12. The van der Waals surface area contributed by atoms with Crippen LogP contribution in [0.25, 0.3) is 10.9 Å². The SMILES string of the molecule is CN(CCO)C1CCCN(c2ccc3cc(S(=O)(=O)NCCCCCO)ccc3n2)C1.O=C(O)C(F)(F)F. The normalized spacial score (nSPS) is 16.4. The standard InChI is InChI=1S/C22H34N4O4S.C2HF3O2/c1-25(13-15-28)19-6-5-12-26(17-19)22-10-7-18-16-20(8-9-21(18)24-22)31(29,30)23-11-3-2-4-14-27;3-2(4,5)1(6)7/h7-10,16,19,23,27-28H,2-6,11-15,17H2,1H3;(H,6,7). The molecule has 1 unspecified atom stereocenters. The summed E-state index contributed by atoms with van der Waals surface area (Å²) in [6.45, 7) is 3.11. The molecule has 0 aliphatic carbocycles. The predicted octanol–water partition coefficient (Wildman–Crippen LogP) is 2.20. The topological polar surface area (TPSA) is 143 Å². The number of fused-ring (bicyclic) bond motifs is 1. The van der Waals surface area contributed by atoms with Gasteiger partial charge in [0.1, 0.15) is 5.82 Å². The second kappa shape index (κ2) is 14.6. The number of anilines is 1. The van der Waals surface area contributed by atoms with Crippen LogP contribution in [-0.4, -0.2) is 98.2 Å². The van der Waals surface area contributed by atoms with Crippen LogP contribution in [0.5, 0.6) is 0 Å². The summed E-state index contributed by atoms with van der Waals surface area (Å²) in [7, 11) is -1.53. The summed E-state index contributed by atoms with van der Waals surface area (Å²) in [5, 5.41) is 25.9. The number of nitrogens with one attached hydrogen (secondary N) is 1. The van der Waals surface area contributed by atoms with Gasteiger partial charge in [0, 0.05) is 44.2 Å². The molecule has 0 amide bonds. The first-order valence-electron chi connectivity index (χ1n) is 12.3. The van der Waals surface area contributed by atoms with Crippen LogP contribution in [-0.2, 0) is 14.8 Å². The molecule has 1 atom stereocenters. The van der Waals surface area contributed by atoms with Crippen LogP contribution in [0.3, 0.4) is 0 Å². The van der Waals surface area contributed by atoms with E-state index in [2.05, 4.69) is 14.5 Å². The minimum atomic E-state index is -5.08. The van der Waals surface area contributed by atoms with E-state index in [1.807, 2.05) is 19.2 Å². The van der Waals surface area contributed by atoms with Gasteiger partial charge < -0.3 is 20.2 Å². The number of hydrogen-bond donors (Lipinski definition) is 4. The van der Waals surface area contributed by atoms with Gasteiger partial charge in [-0.15, -0.1) is 0 Å². The number of hydrogen-bond acceptors (Lipinski definition) is 8. The summed E-state index contributed by atoms with van der Waals surface area (Å²) in [6, 6.07) is 9.29. The highest BCUT2D eigenvalue weighted by Crippen LogP contribution is 2.25. The number of sulfonamides is 1. The quantitative estimate of drug-likeness (QED) is 0.302. The lowest BCUT2D eigenvalue weighted by atomic mass is 10.0. The molecule has 10 nitrogen and oxygen atoms in total. The highest BCUT2D eigenvalue weighted by molar-refractivity contribution is 7.89. The van der Waals surface area contributed by atoms with Crippen LogP contribution >= 0.6 is 0 Å². The zero-order valence-corrected chi connectivity index (χ0v) is 22.0. The molecule has 1 aliphatic rings. The van der Waals surface area contributed by atoms with Crippen LogP contribution in [0.1, 0.15) is 32.1 Å². The Morgan fingerprint density at radius 2 is 1.87 bits per heavy atom. The lowest BCUT2D eigenvalue weighted by Gasteiger charge is -2.38. The van der Waals surface area contributed by atoms with Crippen molar-refractivity contribution in [3.63, 3.8) is 0 Å². The highest BCUT2D eigenvalue weighted by Gasteiger charge is 2.38. The van der Waals surface area contributed by atoms with Crippen molar-refractivity contribution >= 4 is 32.7 Å². The van der Waals surface area contributed by atoms with E-state index in [9.17, 15) is 26.7 Å². The number of piperidine rings is 1. The van der Waals surface area contributed by atoms with E-state index in [0.29, 0.717) is 32.0 Å². The monoisotopic (exact) mass is 564 g/mol. The van der Waals surface area contributed by atoms with Gasteiger partial charge in [0.05, 0.1) is 17.0 Å². The number of aromatic nitrogens is 1. The van der Waals surface area contributed by atoms with Crippen LogP contribution in [0, 0.1) is 0 Å². The smallest absolute Gasteiger partial charge is 0.475 e. The van der Waals surface area contributed by atoms with E-state index in [4.69, 9.17) is 20.0 Å². The first-order chi connectivity index (χ1) is 17.9. The molecule has 1 aromatic heterocycles. The molecule has 0 radical (unpaired) electrons. The Hall–Kier alpha value is -2.52. The van der Waals surface area contributed by atoms with Crippen LogP contribution < -0.4 is 9.62 Å². The zero-order valence-electron chi connectivity index (χ0n) is 21.2. The second-order valence-electron chi connectivity index (χ2n) is 8.96. The molecular formula is C24H35F3N4O6S. The zero-order chi connectivity index (χ0) is 28.3. The largest absolute Gasteiger partial charge is 0.490 e. The van der Waals surface area contributed by atoms with Gasteiger partial charge in [0.25, 0.3) is 0 Å². The fourth-order valence-corrected chi connectivity index (χ4v) is 5.11. The maximum atomic E-state index is 12.6. The van der Waals surface area contributed by atoms with Crippen molar-refractivity contribution in [2.75, 3.05) is 51.3 Å². The Bertz CT molecular complexity index is 1150. The number of benzene rings is 1. The Kier molecular flexibility index (Phi) is 12.2. The molecule has 4 N–H and O–H groups in total. The van der Waals surface area contributed by atoms with E-state index in [-0.39, 0.29) is 18.1 Å². The number of rotatable bonds is 11. The number of pyridine rings is 1.